The molecule has 0 unspecified atom stereocenters. The molecule has 0 aliphatic heterocycles. The Bertz CT molecular complexity index is 1090. The number of halogens is 1. The average Bonchev–Trinajstić information content (AvgIpc) is 3.08. The highest BCUT2D eigenvalue weighted by atomic mass is 35.5. The minimum Gasteiger partial charge on any atom is -0.452 e. The predicted molar refractivity (Wildman–Crippen MR) is 107 cm³/mol. The number of amides is 2. The molecule has 0 bridgehead atoms. The summed E-state index contributed by atoms with van der Waals surface area (Å²) < 4.78 is 6.80. The summed E-state index contributed by atoms with van der Waals surface area (Å²) in [4.78, 5) is 40.8. The molecule has 1 aromatic carbocycles. The van der Waals surface area contributed by atoms with Gasteiger partial charge in [-0.15, -0.1) is 0 Å². The zero-order chi connectivity index (χ0) is 21.1. The van der Waals surface area contributed by atoms with Crippen molar-refractivity contribution in [1.82, 2.24) is 20.1 Å². The van der Waals surface area contributed by atoms with Crippen molar-refractivity contribution in [2.75, 3.05) is 6.61 Å². The summed E-state index contributed by atoms with van der Waals surface area (Å²) in [6.45, 7) is 5.05. The second-order valence-electron chi connectivity index (χ2n) is 6.68. The number of nitrogens with one attached hydrogen (secondary N) is 1. The molecule has 0 spiro atoms. The van der Waals surface area contributed by atoms with E-state index in [-0.39, 0.29) is 17.2 Å². The molecule has 8 nitrogen and oxygen atoms in total. The van der Waals surface area contributed by atoms with E-state index in [2.05, 4.69) is 15.4 Å². The molecular formula is C20H19ClN4O4. The van der Waals surface area contributed by atoms with Crippen molar-refractivity contribution in [3.05, 3.63) is 58.4 Å². The minimum atomic E-state index is -0.738. The van der Waals surface area contributed by atoms with Crippen molar-refractivity contribution in [3.8, 4) is 0 Å². The first-order chi connectivity index (χ1) is 13.8. The molecule has 2 aromatic heterocycles. The summed E-state index contributed by atoms with van der Waals surface area (Å²) in [5.41, 5.74) is 1.63. The molecule has 0 fully saturated rings. The number of hydrogen-bond donors (Lipinski definition) is 1. The Balaban J connectivity index is 1.64. The molecular weight excluding hydrogens is 396 g/mol. The number of imide groups is 1. The fraction of sp³-hybridized carbons (Fsp3) is 0.250. The number of aryl methyl sites for hydroxylation is 1. The van der Waals surface area contributed by atoms with Crippen LogP contribution in [0.15, 0.2) is 36.5 Å². The first kappa shape index (κ1) is 20.5. The highest BCUT2D eigenvalue weighted by molar-refractivity contribution is 6.30. The molecule has 29 heavy (non-hydrogen) atoms. The lowest BCUT2D eigenvalue weighted by atomic mass is 10.2. The Morgan fingerprint density at radius 1 is 1.21 bits per heavy atom. The third kappa shape index (κ3) is 4.60. The molecule has 0 saturated heterocycles. The maximum absolute atomic E-state index is 12.4. The molecule has 9 heteroatoms. The van der Waals surface area contributed by atoms with Crippen LogP contribution < -0.4 is 5.32 Å². The van der Waals surface area contributed by atoms with Crippen LogP contribution >= 0.6 is 11.6 Å². The summed E-state index contributed by atoms with van der Waals surface area (Å²) in [5, 5.41) is 7.59. The molecule has 1 N–H and O–H groups in total. The van der Waals surface area contributed by atoms with E-state index in [4.69, 9.17) is 16.3 Å². The maximum atomic E-state index is 12.4. The van der Waals surface area contributed by atoms with Crippen LogP contribution in [0.4, 0.5) is 0 Å². The van der Waals surface area contributed by atoms with Crippen LogP contribution in [0.25, 0.3) is 11.0 Å². The van der Waals surface area contributed by atoms with Gasteiger partial charge in [-0.3, -0.25) is 14.9 Å². The van der Waals surface area contributed by atoms with Gasteiger partial charge >= 0.3 is 5.97 Å². The molecule has 150 valence electrons. The number of rotatable bonds is 5. The maximum Gasteiger partial charge on any atom is 0.340 e. The quantitative estimate of drug-likeness (QED) is 0.643. The lowest BCUT2D eigenvalue weighted by Gasteiger charge is -2.09. The van der Waals surface area contributed by atoms with Crippen LogP contribution in [-0.4, -0.2) is 39.2 Å². The van der Waals surface area contributed by atoms with Gasteiger partial charge in [0, 0.05) is 22.0 Å². The van der Waals surface area contributed by atoms with Gasteiger partial charge in [-0.05, 0) is 51.1 Å². The molecule has 0 saturated carbocycles. The van der Waals surface area contributed by atoms with E-state index in [0.29, 0.717) is 21.7 Å². The second kappa shape index (κ2) is 8.40. The number of benzene rings is 1. The second-order valence-corrected chi connectivity index (χ2v) is 7.11. The highest BCUT2D eigenvalue weighted by Gasteiger charge is 2.18. The zero-order valence-electron chi connectivity index (χ0n) is 16.1. The van der Waals surface area contributed by atoms with E-state index in [1.165, 1.54) is 24.3 Å². The first-order valence-corrected chi connectivity index (χ1v) is 9.25. The van der Waals surface area contributed by atoms with Crippen LogP contribution in [0.1, 0.15) is 46.3 Å². The van der Waals surface area contributed by atoms with E-state index in [0.717, 1.165) is 0 Å². The van der Waals surface area contributed by atoms with Crippen LogP contribution in [-0.2, 0) is 9.53 Å². The van der Waals surface area contributed by atoms with Gasteiger partial charge in [0.05, 0.1) is 17.5 Å². The lowest BCUT2D eigenvalue weighted by molar-refractivity contribution is -0.123. The van der Waals surface area contributed by atoms with Gasteiger partial charge in [0.25, 0.3) is 11.8 Å². The summed E-state index contributed by atoms with van der Waals surface area (Å²) in [6.07, 6.45) is 1.62. The van der Waals surface area contributed by atoms with Crippen LogP contribution in [0.2, 0.25) is 5.02 Å². The average molecular weight is 415 g/mol. The van der Waals surface area contributed by atoms with E-state index in [1.807, 2.05) is 13.8 Å². The molecule has 3 aromatic rings. The van der Waals surface area contributed by atoms with Gasteiger partial charge in [0.15, 0.2) is 12.3 Å². The fourth-order valence-corrected chi connectivity index (χ4v) is 2.82. The topological polar surface area (TPSA) is 103 Å². The Labute approximate surface area is 171 Å². The van der Waals surface area contributed by atoms with E-state index in [9.17, 15) is 14.4 Å². The van der Waals surface area contributed by atoms with Crippen molar-refractivity contribution in [1.29, 1.82) is 0 Å². The zero-order valence-corrected chi connectivity index (χ0v) is 16.9. The molecule has 2 heterocycles. The number of carbonyl (C=O) groups excluding carboxylic acids is 3. The summed E-state index contributed by atoms with van der Waals surface area (Å²) in [7, 11) is 0. The van der Waals surface area contributed by atoms with Crippen molar-refractivity contribution in [3.63, 3.8) is 0 Å². The SMILES string of the molecule is Cc1nc2c(cnn2C(C)C)cc1C(=O)OCC(=O)NC(=O)c1ccc(Cl)cc1. The number of esters is 1. The van der Waals surface area contributed by atoms with Gasteiger partial charge in [-0.2, -0.15) is 5.10 Å². The van der Waals surface area contributed by atoms with E-state index >= 15 is 0 Å². The van der Waals surface area contributed by atoms with Crippen LogP contribution in [0.3, 0.4) is 0 Å². The Morgan fingerprint density at radius 3 is 2.55 bits per heavy atom. The molecule has 0 atom stereocenters. The number of pyridine rings is 1. The van der Waals surface area contributed by atoms with Gasteiger partial charge in [-0.1, -0.05) is 11.6 Å². The molecule has 3 rings (SSSR count). The largest absolute Gasteiger partial charge is 0.452 e. The van der Waals surface area contributed by atoms with Gasteiger partial charge in [0.1, 0.15) is 0 Å². The summed E-state index contributed by atoms with van der Waals surface area (Å²) in [5.74, 6) is -2.05. The number of hydrogen-bond acceptors (Lipinski definition) is 6. The van der Waals surface area contributed by atoms with E-state index < -0.39 is 24.4 Å². The van der Waals surface area contributed by atoms with Crippen molar-refractivity contribution >= 4 is 40.4 Å². The smallest absolute Gasteiger partial charge is 0.340 e. The standard InChI is InChI=1S/C20H19ClN4O4/c1-11(2)25-18-14(9-22-25)8-16(12(3)23-18)20(28)29-10-17(26)24-19(27)13-4-6-15(21)7-5-13/h4-9,11H,10H2,1-3H3,(H,24,26,27). The third-order valence-electron chi connectivity index (χ3n) is 4.16. The Kier molecular flexibility index (Phi) is 5.93. The van der Waals surface area contributed by atoms with Gasteiger partial charge in [0.2, 0.25) is 0 Å². The van der Waals surface area contributed by atoms with Crippen molar-refractivity contribution < 1.29 is 19.1 Å². The number of nitrogens with zero attached hydrogens (tertiary/aromatic N) is 3. The van der Waals surface area contributed by atoms with Gasteiger partial charge in [-0.25, -0.2) is 14.5 Å². The number of fused-ring (bicyclic) bond motifs is 1. The monoisotopic (exact) mass is 414 g/mol. The highest BCUT2D eigenvalue weighted by Crippen LogP contribution is 2.19. The Hall–Kier alpha value is -3.26. The molecule has 0 aliphatic carbocycles. The number of carbonyl (C=O) groups is 3. The van der Waals surface area contributed by atoms with Gasteiger partial charge < -0.3 is 4.74 Å². The summed E-state index contributed by atoms with van der Waals surface area (Å²) >= 11 is 5.76. The molecule has 0 aliphatic rings. The lowest BCUT2D eigenvalue weighted by Crippen LogP contribution is -2.34. The van der Waals surface area contributed by atoms with Crippen LogP contribution in [0, 0.1) is 6.92 Å². The number of ether oxygens (including phenoxy) is 1. The molecule has 2 amide bonds. The van der Waals surface area contributed by atoms with Crippen LogP contribution in [0.5, 0.6) is 0 Å². The fourth-order valence-electron chi connectivity index (χ4n) is 2.70. The van der Waals surface area contributed by atoms with E-state index in [1.54, 1.807) is 23.9 Å². The molecule has 0 radical (unpaired) electrons. The number of aromatic nitrogens is 3. The van der Waals surface area contributed by atoms with Crippen molar-refractivity contribution in [2.45, 2.75) is 26.8 Å². The Morgan fingerprint density at radius 2 is 1.90 bits per heavy atom. The van der Waals surface area contributed by atoms with Crippen molar-refractivity contribution in [2.24, 2.45) is 0 Å². The third-order valence-corrected chi connectivity index (χ3v) is 4.41. The predicted octanol–water partition coefficient (Wildman–Crippen LogP) is 3.09. The summed E-state index contributed by atoms with van der Waals surface area (Å²) in [6, 6.07) is 7.79. The first-order valence-electron chi connectivity index (χ1n) is 8.88. The normalized spacial score (nSPS) is 10.9. The minimum absolute atomic E-state index is 0.124.